The molecule has 2 aromatic rings. The van der Waals surface area contributed by atoms with Gasteiger partial charge in [0.15, 0.2) is 10.8 Å². The zero-order valence-corrected chi connectivity index (χ0v) is 11.7. The van der Waals surface area contributed by atoms with Gasteiger partial charge < -0.3 is 10.4 Å². The predicted octanol–water partition coefficient (Wildman–Crippen LogP) is 1.80. The van der Waals surface area contributed by atoms with Crippen molar-refractivity contribution in [2.24, 2.45) is 0 Å². The van der Waals surface area contributed by atoms with Crippen LogP contribution in [0.3, 0.4) is 0 Å². The van der Waals surface area contributed by atoms with Crippen LogP contribution in [0.2, 0.25) is 5.15 Å². The molecule has 2 N–H and O–H groups in total. The van der Waals surface area contributed by atoms with Gasteiger partial charge in [-0.2, -0.15) is 0 Å². The Kier molecular flexibility index (Phi) is 4.84. The maximum absolute atomic E-state index is 11.8. The lowest BCUT2D eigenvalue weighted by molar-refractivity contribution is 0.0696. The van der Waals surface area contributed by atoms with Gasteiger partial charge in [-0.05, 0) is 36.2 Å². The second-order valence-corrected chi connectivity index (χ2v) is 4.64. The van der Waals surface area contributed by atoms with Gasteiger partial charge in [0.2, 0.25) is 0 Å². The molecule has 108 valence electrons. The summed E-state index contributed by atoms with van der Waals surface area (Å²) in [5.74, 6) is -1.33. The molecular weight excluding hydrogens is 294 g/mol. The molecule has 2 rings (SSSR count). The first-order chi connectivity index (χ1) is 10.1. The molecule has 0 atom stereocenters. The maximum atomic E-state index is 11.8. The van der Waals surface area contributed by atoms with E-state index in [9.17, 15) is 9.59 Å². The van der Waals surface area contributed by atoms with Gasteiger partial charge in [0, 0.05) is 6.54 Å². The Bertz CT molecular complexity index is 659. The van der Waals surface area contributed by atoms with Crippen LogP contribution in [0, 0.1) is 0 Å². The van der Waals surface area contributed by atoms with Crippen LogP contribution < -0.4 is 5.32 Å². The molecule has 0 aliphatic rings. The van der Waals surface area contributed by atoms with Crippen LogP contribution in [0.1, 0.15) is 26.4 Å². The van der Waals surface area contributed by atoms with Crippen molar-refractivity contribution in [2.45, 2.75) is 6.42 Å². The molecule has 0 bridgehead atoms. The van der Waals surface area contributed by atoms with Crippen LogP contribution in [-0.4, -0.2) is 33.7 Å². The summed E-state index contributed by atoms with van der Waals surface area (Å²) in [6.45, 7) is 0.367. The van der Waals surface area contributed by atoms with Crippen LogP contribution in [0.4, 0.5) is 0 Å². The second kappa shape index (κ2) is 6.81. The van der Waals surface area contributed by atoms with Gasteiger partial charge in [0.25, 0.3) is 5.91 Å². The van der Waals surface area contributed by atoms with E-state index in [-0.39, 0.29) is 22.3 Å². The molecule has 0 fully saturated rings. The number of halogens is 1. The minimum absolute atomic E-state index is 0.179. The number of nitrogens with one attached hydrogen (secondary N) is 1. The normalized spacial score (nSPS) is 10.1. The molecule has 0 unspecified atom stereocenters. The van der Waals surface area contributed by atoms with E-state index in [1.54, 1.807) is 18.2 Å². The molecule has 1 amide bonds. The van der Waals surface area contributed by atoms with E-state index in [2.05, 4.69) is 15.5 Å². The number of carbonyl (C=O) groups excluding carboxylic acids is 1. The molecule has 21 heavy (non-hydrogen) atoms. The van der Waals surface area contributed by atoms with E-state index < -0.39 is 5.97 Å². The van der Waals surface area contributed by atoms with E-state index in [0.29, 0.717) is 13.0 Å². The fraction of sp³-hybridized carbons (Fsp3) is 0.143. The minimum Gasteiger partial charge on any atom is -0.478 e. The maximum Gasteiger partial charge on any atom is 0.335 e. The highest BCUT2D eigenvalue weighted by molar-refractivity contribution is 6.29. The Morgan fingerprint density at radius 3 is 2.67 bits per heavy atom. The summed E-state index contributed by atoms with van der Waals surface area (Å²) in [7, 11) is 0. The van der Waals surface area contributed by atoms with Crippen LogP contribution in [0.15, 0.2) is 36.4 Å². The molecule has 1 aromatic heterocycles. The largest absolute Gasteiger partial charge is 0.478 e. The zero-order chi connectivity index (χ0) is 15.2. The number of rotatable bonds is 5. The van der Waals surface area contributed by atoms with E-state index >= 15 is 0 Å². The summed E-state index contributed by atoms with van der Waals surface area (Å²) in [6, 6.07) is 9.55. The molecule has 1 heterocycles. The van der Waals surface area contributed by atoms with Crippen molar-refractivity contribution in [1.29, 1.82) is 0 Å². The number of amides is 1. The summed E-state index contributed by atoms with van der Waals surface area (Å²) in [5.41, 5.74) is 1.23. The SMILES string of the molecule is O=C(O)c1cccc(CCNC(=O)c2ccc(Cl)nn2)c1. The standard InChI is InChI=1S/C14H12ClN3O3/c15-12-5-4-11(17-18-12)13(19)16-7-6-9-2-1-3-10(8-9)14(20)21/h1-5,8H,6-7H2,(H,16,19)(H,20,21). The Balaban J connectivity index is 1.89. The highest BCUT2D eigenvalue weighted by atomic mass is 35.5. The number of hydrogen-bond acceptors (Lipinski definition) is 4. The Morgan fingerprint density at radius 2 is 2.00 bits per heavy atom. The van der Waals surface area contributed by atoms with E-state index in [4.69, 9.17) is 16.7 Å². The summed E-state index contributed by atoms with van der Waals surface area (Å²) < 4.78 is 0. The van der Waals surface area contributed by atoms with Crippen molar-refractivity contribution in [2.75, 3.05) is 6.54 Å². The van der Waals surface area contributed by atoms with Crippen molar-refractivity contribution in [3.8, 4) is 0 Å². The first kappa shape index (κ1) is 14.9. The summed E-state index contributed by atoms with van der Waals surface area (Å²) in [4.78, 5) is 22.6. The first-order valence-electron chi connectivity index (χ1n) is 6.16. The third-order valence-corrected chi connectivity index (χ3v) is 2.94. The lowest BCUT2D eigenvalue weighted by atomic mass is 10.1. The minimum atomic E-state index is -0.975. The fourth-order valence-electron chi connectivity index (χ4n) is 1.71. The lowest BCUT2D eigenvalue weighted by Gasteiger charge is -2.05. The average Bonchev–Trinajstić information content (AvgIpc) is 2.48. The molecule has 0 spiro atoms. The number of carboxylic acid groups (broad SMARTS) is 1. The van der Waals surface area contributed by atoms with Crippen molar-refractivity contribution in [1.82, 2.24) is 15.5 Å². The number of aromatic carboxylic acids is 1. The van der Waals surface area contributed by atoms with E-state index in [1.165, 1.54) is 18.2 Å². The summed E-state index contributed by atoms with van der Waals surface area (Å²) >= 11 is 5.59. The fourth-order valence-corrected chi connectivity index (χ4v) is 1.81. The van der Waals surface area contributed by atoms with Gasteiger partial charge in [0.1, 0.15) is 0 Å². The van der Waals surface area contributed by atoms with Gasteiger partial charge in [-0.1, -0.05) is 23.7 Å². The Labute approximate surface area is 125 Å². The second-order valence-electron chi connectivity index (χ2n) is 4.25. The number of aromatic nitrogens is 2. The van der Waals surface area contributed by atoms with Gasteiger partial charge in [0.05, 0.1) is 5.56 Å². The Hall–Kier alpha value is -2.47. The smallest absolute Gasteiger partial charge is 0.335 e. The summed E-state index contributed by atoms with van der Waals surface area (Å²) in [5, 5.41) is 19.1. The third kappa shape index (κ3) is 4.25. The van der Waals surface area contributed by atoms with E-state index in [1.807, 2.05) is 0 Å². The van der Waals surface area contributed by atoms with Gasteiger partial charge >= 0.3 is 5.97 Å². The van der Waals surface area contributed by atoms with Crippen LogP contribution in [-0.2, 0) is 6.42 Å². The molecule has 0 radical (unpaired) electrons. The van der Waals surface area contributed by atoms with Crippen molar-refractivity contribution < 1.29 is 14.7 Å². The molecule has 1 aromatic carbocycles. The third-order valence-electron chi connectivity index (χ3n) is 2.74. The molecule has 0 saturated carbocycles. The molecule has 6 nitrogen and oxygen atoms in total. The van der Waals surface area contributed by atoms with Crippen molar-refractivity contribution >= 4 is 23.5 Å². The van der Waals surface area contributed by atoms with Gasteiger partial charge in [-0.3, -0.25) is 4.79 Å². The summed E-state index contributed by atoms with van der Waals surface area (Å²) in [6.07, 6.45) is 0.522. The number of carboxylic acids is 1. The molecule has 0 saturated heterocycles. The number of benzene rings is 1. The topological polar surface area (TPSA) is 92.2 Å². The molecule has 0 aliphatic carbocycles. The molecule has 0 aliphatic heterocycles. The Morgan fingerprint density at radius 1 is 1.19 bits per heavy atom. The van der Waals surface area contributed by atoms with Crippen molar-refractivity contribution in [3.63, 3.8) is 0 Å². The monoisotopic (exact) mass is 305 g/mol. The van der Waals surface area contributed by atoms with Crippen LogP contribution >= 0.6 is 11.6 Å². The highest BCUT2D eigenvalue weighted by Gasteiger charge is 2.08. The van der Waals surface area contributed by atoms with Crippen LogP contribution in [0.25, 0.3) is 0 Å². The number of nitrogens with zero attached hydrogens (tertiary/aromatic N) is 2. The highest BCUT2D eigenvalue weighted by Crippen LogP contribution is 2.06. The quantitative estimate of drug-likeness (QED) is 0.878. The number of hydrogen-bond donors (Lipinski definition) is 2. The predicted molar refractivity (Wildman–Crippen MR) is 76.5 cm³/mol. The average molecular weight is 306 g/mol. The number of carbonyl (C=O) groups is 2. The lowest BCUT2D eigenvalue weighted by Crippen LogP contribution is -2.26. The zero-order valence-electron chi connectivity index (χ0n) is 10.9. The van der Waals surface area contributed by atoms with Crippen molar-refractivity contribution in [3.05, 3.63) is 58.4 Å². The molecule has 7 heteroatoms. The first-order valence-corrected chi connectivity index (χ1v) is 6.54. The van der Waals surface area contributed by atoms with Gasteiger partial charge in [-0.15, -0.1) is 10.2 Å². The molecular formula is C14H12ClN3O3. The van der Waals surface area contributed by atoms with Gasteiger partial charge in [-0.25, -0.2) is 4.79 Å². The van der Waals surface area contributed by atoms with E-state index in [0.717, 1.165) is 5.56 Å². The van der Waals surface area contributed by atoms with Crippen LogP contribution in [0.5, 0.6) is 0 Å².